The molecule has 3 nitrogen and oxygen atoms in total. The number of benzene rings is 1. The highest BCUT2D eigenvalue weighted by atomic mass is 28.3. The summed E-state index contributed by atoms with van der Waals surface area (Å²) in [5.41, 5.74) is 4.18. The predicted octanol–water partition coefficient (Wildman–Crippen LogP) is 3.44. The third-order valence-electron chi connectivity index (χ3n) is 2.70. The second kappa shape index (κ2) is 8.66. The number of carbonyl (C=O) groups excluding carboxylic acids is 1. The minimum Gasteiger partial charge on any atom is -0.497 e. The third-order valence-corrected chi connectivity index (χ3v) is 3.57. The molecule has 0 bridgehead atoms. The van der Waals surface area contributed by atoms with Crippen LogP contribution in [0, 0.1) is 11.5 Å². The molecule has 0 aliphatic rings. The second-order valence-electron chi connectivity index (χ2n) is 5.93. The number of hydrogen-bond donors (Lipinski definition) is 0. The Bertz CT molecular complexity index is 504. The van der Waals surface area contributed by atoms with Crippen molar-refractivity contribution < 1.29 is 14.3 Å². The van der Waals surface area contributed by atoms with Gasteiger partial charge in [0.1, 0.15) is 13.8 Å². The van der Waals surface area contributed by atoms with E-state index in [1.807, 2.05) is 24.3 Å². The molecular formula is C17H24O3Si. The quantitative estimate of drug-likeness (QED) is 0.440. The summed E-state index contributed by atoms with van der Waals surface area (Å²) in [7, 11) is 0.197. The molecule has 0 fully saturated rings. The average Bonchev–Trinajstić information content (AvgIpc) is 2.44. The molecule has 0 spiro atoms. The maximum atomic E-state index is 11.6. The van der Waals surface area contributed by atoms with Crippen LogP contribution in [0.4, 0.5) is 0 Å². The van der Waals surface area contributed by atoms with Crippen LogP contribution in [-0.4, -0.2) is 27.6 Å². The molecular weight excluding hydrogens is 280 g/mol. The highest BCUT2D eigenvalue weighted by Crippen LogP contribution is 2.12. The van der Waals surface area contributed by atoms with E-state index in [0.29, 0.717) is 19.6 Å². The fraction of sp³-hybridized carbons (Fsp3) is 0.471. The second-order valence-corrected chi connectivity index (χ2v) is 10.7. The van der Waals surface area contributed by atoms with Crippen molar-refractivity contribution in [2.45, 2.75) is 39.1 Å². The van der Waals surface area contributed by atoms with E-state index in [9.17, 15) is 4.79 Å². The van der Waals surface area contributed by atoms with E-state index in [4.69, 9.17) is 9.47 Å². The fourth-order valence-corrected chi connectivity index (χ4v) is 2.08. The maximum Gasteiger partial charge on any atom is 0.204 e. The van der Waals surface area contributed by atoms with Gasteiger partial charge in [0.05, 0.1) is 13.7 Å². The Hall–Kier alpha value is -1.57. The van der Waals surface area contributed by atoms with E-state index in [1.54, 1.807) is 7.11 Å². The SMILES string of the molecule is COc1ccc(COCCCC(=O)C#C[Si](C)(C)C)cc1. The number of Topliss-reactive ketones (excluding diaryl/α,β-unsaturated/α-hetero) is 1. The van der Waals surface area contributed by atoms with Gasteiger partial charge < -0.3 is 9.47 Å². The molecule has 1 aromatic carbocycles. The molecule has 114 valence electrons. The van der Waals surface area contributed by atoms with Crippen LogP contribution < -0.4 is 4.74 Å². The zero-order valence-corrected chi connectivity index (χ0v) is 14.4. The van der Waals surface area contributed by atoms with Crippen LogP contribution in [0.25, 0.3) is 0 Å². The highest BCUT2D eigenvalue weighted by Gasteiger charge is 2.08. The number of ether oxygens (including phenoxy) is 2. The summed E-state index contributed by atoms with van der Waals surface area (Å²) in [4.78, 5) is 11.6. The van der Waals surface area contributed by atoms with Crippen molar-refractivity contribution in [3.05, 3.63) is 29.8 Å². The van der Waals surface area contributed by atoms with Crippen LogP contribution in [0.15, 0.2) is 24.3 Å². The van der Waals surface area contributed by atoms with E-state index in [2.05, 4.69) is 31.1 Å². The normalized spacial score (nSPS) is 10.7. The summed E-state index contributed by atoms with van der Waals surface area (Å²) in [5.74, 6) is 3.60. The zero-order valence-electron chi connectivity index (χ0n) is 13.4. The van der Waals surface area contributed by atoms with Crippen molar-refractivity contribution in [1.29, 1.82) is 0 Å². The molecule has 1 rings (SSSR count). The number of ketones is 1. The van der Waals surface area contributed by atoms with E-state index in [0.717, 1.165) is 17.7 Å². The summed E-state index contributed by atoms with van der Waals surface area (Å²) in [5, 5.41) is 0. The molecule has 0 unspecified atom stereocenters. The summed E-state index contributed by atoms with van der Waals surface area (Å²) in [6.07, 6.45) is 1.19. The van der Waals surface area contributed by atoms with E-state index in [1.165, 1.54) is 0 Å². The lowest BCUT2D eigenvalue weighted by molar-refractivity contribution is -0.114. The molecule has 0 saturated carbocycles. The van der Waals surface area contributed by atoms with E-state index >= 15 is 0 Å². The zero-order chi connectivity index (χ0) is 15.7. The largest absolute Gasteiger partial charge is 0.497 e. The van der Waals surface area contributed by atoms with Crippen molar-refractivity contribution in [3.8, 4) is 17.2 Å². The molecule has 0 amide bonds. The molecule has 21 heavy (non-hydrogen) atoms. The predicted molar refractivity (Wildman–Crippen MR) is 88.0 cm³/mol. The summed E-state index contributed by atoms with van der Waals surface area (Å²) in [6, 6.07) is 7.77. The minimum absolute atomic E-state index is 0.0190. The summed E-state index contributed by atoms with van der Waals surface area (Å²) in [6.45, 7) is 7.52. The van der Waals surface area contributed by atoms with E-state index < -0.39 is 8.07 Å². The van der Waals surface area contributed by atoms with Gasteiger partial charge in [0.25, 0.3) is 0 Å². The van der Waals surface area contributed by atoms with Gasteiger partial charge in [0.15, 0.2) is 0 Å². The summed E-state index contributed by atoms with van der Waals surface area (Å²) >= 11 is 0. The molecule has 0 aliphatic carbocycles. The van der Waals surface area contributed by atoms with Crippen molar-refractivity contribution in [3.63, 3.8) is 0 Å². The first-order chi connectivity index (χ1) is 9.90. The minimum atomic E-state index is -1.45. The lowest BCUT2D eigenvalue weighted by atomic mass is 10.2. The van der Waals surface area contributed by atoms with Crippen LogP contribution in [0.1, 0.15) is 18.4 Å². The first-order valence-electron chi connectivity index (χ1n) is 7.17. The third kappa shape index (κ3) is 8.33. The van der Waals surface area contributed by atoms with E-state index in [-0.39, 0.29) is 5.78 Å². The van der Waals surface area contributed by atoms with Gasteiger partial charge in [-0.3, -0.25) is 4.79 Å². The molecule has 0 aliphatic heterocycles. The Labute approximate surface area is 128 Å². The van der Waals surface area contributed by atoms with Crippen molar-refractivity contribution in [2.24, 2.45) is 0 Å². The fourth-order valence-electron chi connectivity index (χ4n) is 1.57. The Kier molecular flexibility index (Phi) is 7.20. The number of hydrogen-bond acceptors (Lipinski definition) is 3. The van der Waals surface area contributed by atoms with Gasteiger partial charge >= 0.3 is 0 Å². The number of rotatable bonds is 7. The standard InChI is InChI=1S/C17H24O3Si/c1-19-17-9-7-15(8-10-17)14-20-12-5-6-16(18)11-13-21(2,3)4/h7-10H,5-6,12,14H2,1-4H3. The highest BCUT2D eigenvalue weighted by molar-refractivity contribution is 6.84. The molecule has 0 N–H and O–H groups in total. The number of methoxy groups -OCH3 is 1. The van der Waals surface area contributed by atoms with Crippen molar-refractivity contribution >= 4 is 13.9 Å². The Morgan fingerprint density at radius 3 is 2.43 bits per heavy atom. The molecule has 1 aromatic rings. The van der Waals surface area contributed by atoms with Crippen LogP contribution >= 0.6 is 0 Å². The maximum absolute atomic E-state index is 11.6. The molecule has 0 radical (unpaired) electrons. The molecule has 0 heterocycles. The lowest BCUT2D eigenvalue weighted by Gasteiger charge is -2.05. The van der Waals surface area contributed by atoms with Gasteiger partial charge in [-0.15, -0.1) is 5.54 Å². The molecule has 0 atom stereocenters. The van der Waals surface area contributed by atoms with Crippen LogP contribution in [0.2, 0.25) is 19.6 Å². The van der Waals surface area contributed by atoms with Gasteiger partial charge in [-0.25, -0.2) is 0 Å². The Morgan fingerprint density at radius 2 is 1.86 bits per heavy atom. The summed E-state index contributed by atoms with van der Waals surface area (Å²) < 4.78 is 10.7. The molecule has 4 heteroatoms. The lowest BCUT2D eigenvalue weighted by Crippen LogP contribution is -2.17. The van der Waals surface area contributed by atoms with Gasteiger partial charge in [0.2, 0.25) is 5.78 Å². The first-order valence-corrected chi connectivity index (χ1v) is 10.7. The molecule has 0 aromatic heterocycles. The van der Waals surface area contributed by atoms with Gasteiger partial charge in [-0.2, -0.15) is 0 Å². The van der Waals surface area contributed by atoms with Crippen LogP contribution in [0.3, 0.4) is 0 Å². The van der Waals surface area contributed by atoms with Gasteiger partial charge in [0, 0.05) is 13.0 Å². The topological polar surface area (TPSA) is 35.5 Å². The van der Waals surface area contributed by atoms with Crippen molar-refractivity contribution in [1.82, 2.24) is 0 Å². The molecule has 0 saturated heterocycles. The van der Waals surface area contributed by atoms with Gasteiger partial charge in [-0.1, -0.05) is 31.8 Å². The Balaban J connectivity index is 2.19. The van der Waals surface area contributed by atoms with Crippen LogP contribution in [0.5, 0.6) is 5.75 Å². The number of carbonyl (C=O) groups is 1. The van der Waals surface area contributed by atoms with Gasteiger partial charge in [-0.05, 0) is 30.0 Å². The monoisotopic (exact) mass is 304 g/mol. The Morgan fingerprint density at radius 1 is 1.19 bits per heavy atom. The first kappa shape index (κ1) is 17.5. The smallest absolute Gasteiger partial charge is 0.204 e. The van der Waals surface area contributed by atoms with Crippen LogP contribution in [-0.2, 0) is 16.1 Å². The average molecular weight is 304 g/mol. The van der Waals surface area contributed by atoms with Crippen molar-refractivity contribution in [2.75, 3.05) is 13.7 Å².